The summed E-state index contributed by atoms with van der Waals surface area (Å²) in [5.74, 6) is 0.583. The van der Waals surface area contributed by atoms with Crippen molar-refractivity contribution < 1.29 is 19.1 Å². The number of fused-ring (bicyclic) bond motifs is 2. The molecule has 2 aromatic carbocycles. The predicted molar refractivity (Wildman–Crippen MR) is 96.0 cm³/mol. The Kier molecular flexibility index (Phi) is 4.00. The number of nitrogens with one attached hydrogen (secondary N) is 1. The molecule has 4 rings (SSSR count). The van der Waals surface area contributed by atoms with Crippen LogP contribution in [0.2, 0.25) is 0 Å². The van der Waals surface area contributed by atoms with Crippen LogP contribution in [-0.2, 0) is 0 Å². The zero-order chi connectivity index (χ0) is 19.0. The third-order valence-corrected chi connectivity index (χ3v) is 4.33. The molecule has 0 atom stereocenters. The molecule has 0 saturated carbocycles. The molecule has 3 aromatic rings. The highest BCUT2D eigenvalue weighted by atomic mass is 16.5. The highest BCUT2D eigenvalue weighted by molar-refractivity contribution is 6.30. The average molecular weight is 362 g/mol. The molecule has 1 aliphatic rings. The van der Waals surface area contributed by atoms with Gasteiger partial charge in [-0.3, -0.25) is 9.59 Å². The molecule has 0 fully saturated rings. The number of H-pyrrole nitrogens is 1. The number of ether oxygens (including phenoxy) is 2. The van der Waals surface area contributed by atoms with Crippen molar-refractivity contribution in [2.45, 2.75) is 0 Å². The molecule has 134 valence electrons. The van der Waals surface area contributed by atoms with Gasteiger partial charge in [-0.1, -0.05) is 18.2 Å². The van der Waals surface area contributed by atoms with Crippen LogP contribution in [0.25, 0.3) is 12.2 Å². The number of rotatable bonds is 4. The van der Waals surface area contributed by atoms with Crippen LogP contribution in [0.4, 0.5) is 0 Å². The van der Waals surface area contributed by atoms with Gasteiger partial charge < -0.3 is 9.47 Å². The molecule has 27 heavy (non-hydrogen) atoms. The van der Waals surface area contributed by atoms with E-state index >= 15 is 0 Å². The summed E-state index contributed by atoms with van der Waals surface area (Å²) < 4.78 is 10.7. The molecule has 1 aromatic heterocycles. The normalized spacial score (nSPS) is 12.8. The van der Waals surface area contributed by atoms with Gasteiger partial charge in [-0.15, -0.1) is 5.10 Å². The largest absolute Gasteiger partial charge is 0.496 e. The predicted octanol–water partition coefficient (Wildman–Crippen LogP) is 2.16. The highest BCUT2D eigenvalue weighted by Crippen LogP contribution is 2.38. The van der Waals surface area contributed by atoms with Gasteiger partial charge in [0.05, 0.1) is 25.3 Å². The Hall–Kier alpha value is -3.81. The maximum Gasteiger partial charge on any atom is 0.201 e. The minimum absolute atomic E-state index is 0.234. The molecule has 0 unspecified atom stereocenters. The number of nitrogens with zero attached hydrogens (tertiary/aromatic N) is 3. The highest BCUT2D eigenvalue weighted by Gasteiger charge is 2.34. The number of aromatic amines is 1. The number of tetrazole rings is 1. The van der Waals surface area contributed by atoms with Gasteiger partial charge in [0.25, 0.3) is 0 Å². The lowest BCUT2D eigenvalue weighted by Gasteiger charge is -2.21. The number of carbonyl (C=O) groups is 2. The fourth-order valence-corrected chi connectivity index (χ4v) is 3.11. The second-order valence-corrected chi connectivity index (χ2v) is 5.81. The summed E-state index contributed by atoms with van der Waals surface area (Å²) in [4.78, 5) is 26.2. The van der Waals surface area contributed by atoms with Crippen molar-refractivity contribution >= 4 is 23.7 Å². The number of benzene rings is 2. The van der Waals surface area contributed by atoms with E-state index < -0.39 is 0 Å². The molecule has 0 radical (unpaired) electrons. The van der Waals surface area contributed by atoms with Gasteiger partial charge in [-0.05, 0) is 40.3 Å². The van der Waals surface area contributed by atoms with E-state index in [0.29, 0.717) is 28.5 Å². The Morgan fingerprint density at radius 3 is 2.41 bits per heavy atom. The molecule has 0 bridgehead atoms. The Balaban J connectivity index is 1.87. The summed E-state index contributed by atoms with van der Waals surface area (Å²) in [6.07, 6.45) is 3.39. The van der Waals surface area contributed by atoms with E-state index in [1.807, 2.05) is 0 Å². The molecular weight excluding hydrogens is 348 g/mol. The van der Waals surface area contributed by atoms with E-state index in [1.165, 1.54) is 14.2 Å². The number of methoxy groups -OCH3 is 2. The van der Waals surface area contributed by atoms with Crippen LogP contribution in [0.5, 0.6) is 11.5 Å². The van der Waals surface area contributed by atoms with Crippen LogP contribution in [0.15, 0.2) is 30.3 Å². The molecule has 1 heterocycles. The molecule has 1 aliphatic carbocycles. The Morgan fingerprint density at radius 2 is 1.70 bits per heavy atom. The van der Waals surface area contributed by atoms with Crippen molar-refractivity contribution in [2.24, 2.45) is 0 Å². The minimum atomic E-state index is -0.302. The number of hydrogen-bond acceptors (Lipinski definition) is 7. The van der Waals surface area contributed by atoms with E-state index in [2.05, 4.69) is 20.6 Å². The average Bonchev–Trinajstić information content (AvgIpc) is 3.22. The first-order chi connectivity index (χ1) is 13.1. The lowest BCUT2D eigenvalue weighted by Crippen LogP contribution is -2.22. The van der Waals surface area contributed by atoms with Gasteiger partial charge in [0, 0.05) is 11.1 Å². The first kappa shape index (κ1) is 16.6. The first-order valence-corrected chi connectivity index (χ1v) is 8.04. The molecule has 0 aliphatic heterocycles. The number of aromatic nitrogens is 4. The van der Waals surface area contributed by atoms with Crippen LogP contribution in [0.1, 0.15) is 43.2 Å². The number of carbonyl (C=O) groups excluding carboxylic acids is 2. The van der Waals surface area contributed by atoms with Crippen molar-refractivity contribution in [1.82, 2.24) is 20.6 Å². The third kappa shape index (κ3) is 2.67. The van der Waals surface area contributed by atoms with Gasteiger partial charge >= 0.3 is 0 Å². The molecule has 0 amide bonds. The van der Waals surface area contributed by atoms with Gasteiger partial charge in [-0.25, -0.2) is 5.10 Å². The zero-order valence-corrected chi connectivity index (χ0v) is 14.5. The van der Waals surface area contributed by atoms with Crippen LogP contribution in [0.3, 0.4) is 0 Å². The van der Waals surface area contributed by atoms with Crippen LogP contribution in [0, 0.1) is 0 Å². The van der Waals surface area contributed by atoms with E-state index in [4.69, 9.17) is 9.47 Å². The van der Waals surface area contributed by atoms with E-state index in [-0.39, 0.29) is 28.3 Å². The summed E-state index contributed by atoms with van der Waals surface area (Å²) in [5, 5.41) is 13.4. The lowest BCUT2D eigenvalue weighted by molar-refractivity contribution is 0.0974. The molecular formula is C19H14N4O4. The van der Waals surface area contributed by atoms with Crippen LogP contribution >= 0.6 is 0 Å². The Bertz CT molecular complexity index is 1090. The zero-order valence-electron chi connectivity index (χ0n) is 14.5. The Morgan fingerprint density at radius 1 is 0.926 bits per heavy atom. The second kappa shape index (κ2) is 6.49. The molecule has 8 heteroatoms. The van der Waals surface area contributed by atoms with Crippen molar-refractivity contribution in [3.63, 3.8) is 0 Å². The Labute approximate surface area is 153 Å². The maximum absolute atomic E-state index is 13.1. The van der Waals surface area contributed by atoms with Crippen molar-refractivity contribution in [2.75, 3.05) is 14.2 Å². The van der Waals surface area contributed by atoms with Gasteiger partial charge in [0.1, 0.15) is 11.5 Å². The minimum Gasteiger partial charge on any atom is -0.496 e. The molecule has 0 saturated heterocycles. The summed E-state index contributed by atoms with van der Waals surface area (Å²) in [7, 11) is 2.92. The lowest BCUT2D eigenvalue weighted by atomic mass is 9.82. The third-order valence-electron chi connectivity index (χ3n) is 4.33. The standard InChI is InChI=1S/C19H14N4O4/c1-26-13-5-3-4-11-16(13)19(25)17-12(18(11)24)8-10(9-14(17)27-2)6-7-15-20-22-23-21-15/h3-9H,1-2H3,(H,20,21,22,23)/b7-6+. The SMILES string of the molecule is COc1cccc2c1C(=O)c1c(OC)cc(/C=C/c3nnn[nH]3)cc1C2=O. The molecule has 1 N–H and O–H groups in total. The van der Waals surface area contributed by atoms with Gasteiger partial charge in [0.15, 0.2) is 11.6 Å². The number of hydrogen-bond donors (Lipinski definition) is 1. The van der Waals surface area contributed by atoms with Crippen LogP contribution in [-0.4, -0.2) is 46.4 Å². The quantitative estimate of drug-likeness (QED) is 0.593. The summed E-state index contributed by atoms with van der Waals surface area (Å²) in [6, 6.07) is 8.30. The first-order valence-electron chi connectivity index (χ1n) is 8.04. The van der Waals surface area contributed by atoms with Crippen molar-refractivity contribution in [1.29, 1.82) is 0 Å². The van der Waals surface area contributed by atoms with Crippen molar-refractivity contribution in [3.05, 3.63) is 64.0 Å². The second-order valence-electron chi connectivity index (χ2n) is 5.81. The topological polar surface area (TPSA) is 107 Å². The number of ketones is 2. The van der Waals surface area contributed by atoms with E-state index in [0.717, 1.165) is 0 Å². The molecule has 0 spiro atoms. The molecule has 8 nitrogen and oxygen atoms in total. The van der Waals surface area contributed by atoms with Crippen LogP contribution < -0.4 is 9.47 Å². The fraction of sp³-hybridized carbons (Fsp3) is 0.105. The summed E-state index contributed by atoms with van der Waals surface area (Å²) in [6.45, 7) is 0. The van der Waals surface area contributed by atoms with E-state index in [9.17, 15) is 9.59 Å². The van der Waals surface area contributed by atoms with Gasteiger partial charge in [-0.2, -0.15) is 0 Å². The van der Waals surface area contributed by atoms with E-state index in [1.54, 1.807) is 42.5 Å². The smallest absolute Gasteiger partial charge is 0.201 e. The maximum atomic E-state index is 13.1. The van der Waals surface area contributed by atoms with Gasteiger partial charge in [0.2, 0.25) is 5.78 Å². The monoisotopic (exact) mass is 362 g/mol. The van der Waals surface area contributed by atoms with Crippen molar-refractivity contribution in [3.8, 4) is 11.5 Å². The fourth-order valence-electron chi connectivity index (χ4n) is 3.11. The summed E-state index contributed by atoms with van der Waals surface area (Å²) in [5.41, 5.74) is 1.77. The summed E-state index contributed by atoms with van der Waals surface area (Å²) >= 11 is 0.